The minimum atomic E-state index is -3.72. The number of methoxy groups -OCH3 is 1. The number of amides is 1. The predicted molar refractivity (Wildman–Crippen MR) is 114 cm³/mol. The lowest BCUT2D eigenvalue weighted by atomic mass is 10.1. The molecule has 3 rings (SSSR count). The summed E-state index contributed by atoms with van der Waals surface area (Å²) in [5.41, 5.74) is 1.18. The number of benzene rings is 2. The highest BCUT2D eigenvalue weighted by atomic mass is 32.2. The number of sulfonamides is 1. The van der Waals surface area contributed by atoms with E-state index in [0.717, 1.165) is 16.1 Å². The van der Waals surface area contributed by atoms with E-state index >= 15 is 0 Å². The Morgan fingerprint density at radius 1 is 1.10 bits per heavy atom. The van der Waals surface area contributed by atoms with Gasteiger partial charge in [-0.15, -0.1) is 0 Å². The number of fused-ring (bicyclic) bond motifs is 1. The molecule has 1 aliphatic heterocycles. The van der Waals surface area contributed by atoms with Gasteiger partial charge < -0.3 is 19.5 Å². The molecule has 1 heterocycles. The molecule has 0 aromatic heterocycles. The quantitative estimate of drug-likeness (QED) is 0.720. The van der Waals surface area contributed by atoms with E-state index in [1.807, 2.05) is 19.1 Å². The first-order valence-electron chi connectivity index (χ1n) is 9.54. The highest BCUT2D eigenvalue weighted by molar-refractivity contribution is 7.92. The van der Waals surface area contributed by atoms with Gasteiger partial charge in [0.1, 0.15) is 25.0 Å². The molecule has 1 N–H and O–H groups in total. The van der Waals surface area contributed by atoms with Crippen LogP contribution in [-0.2, 0) is 14.8 Å². The number of anilines is 1. The summed E-state index contributed by atoms with van der Waals surface area (Å²) in [4.78, 5) is 12.9. The lowest BCUT2D eigenvalue weighted by molar-refractivity contribution is -0.122. The average Bonchev–Trinajstić information content (AvgIpc) is 2.72. The van der Waals surface area contributed by atoms with Crippen LogP contribution in [0.1, 0.15) is 25.5 Å². The molecule has 30 heavy (non-hydrogen) atoms. The number of carbonyl (C=O) groups is 1. The molecular formula is C21H26N2O6S. The molecule has 0 spiro atoms. The summed E-state index contributed by atoms with van der Waals surface area (Å²) in [7, 11) is -2.22. The van der Waals surface area contributed by atoms with Crippen LogP contribution in [0.3, 0.4) is 0 Å². The van der Waals surface area contributed by atoms with Crippen LogP contribution < -0.4 is 23.8 Å². The predicted octanol–water partition coefficient (Wildman–Crippen LogP) is 2.50. The molecule has 0 saturated carbocycles. The summed E-state index contributed by atoms with van der Waals surface area (Å²) < 4.78 is 42.3. The minimum absolute atomic E-state index is 0.353. The first-order valence-corrected chi connectivity index (χ1v) is 11.4. The number of carbonyl (C=O) groups excluding carboxylic acids is 1. The van der Waals surface area contributed by atoms with Gasteiger partial charge in [-0.3, -0.25) is 9.10 Å². The lowest BCUT2D eigenvalue weighted by Gasteiger charge is -2.29. The van der Waals surface area contributed by atoms with Crippen molar-refractivity contribution in [1.82, 2.24) is 5.32 Å². The molecule has 2 aromatic carbocycles. The van der Waals surface area contributed by atoms with Crippen LogP contribution in [-0.4, -0.2) is 46.9 Å². The number of hydrogen-bond acceptors (Lipinski definition) is 6. The maximum Gasteiger partial charge on any atom is 0.244 e. The number of rotatable bonds is 7. The molecule has 0 radical (unpaired) electrons. The minimum Gasteiger partial charge on any atom is -0.497 e. The fourth-order valence-corrected chi connectivity index (χ4v) is 4.47. The van der Waals surface area contributed by atoms with Crippen molar-refractivity contribution in [2.24, 2.45) is 0 Å². The van der Waals surface area contributed by atoms with Gasteiger partial charge in [0.05, 0.1) is 25.1 Å². The summed E-state index contributed by atoms with van der Waals surface area (Å²) in [6.45, 7) is 4.35. The van der Waals surface area contributed by atoms with Gasteiger partial charge in [-0.05, 0) is 43.7 Å². The van der Waals surface area contributed by atoms with E-state index in [9.17, 15) is 13.2 Å². The largest absolute Gasteiger partial charge is 0.497 e. The molecule has 0 bridgehead atoms. The van der Waals surface area contributed by atoms with Crippen molar-refractivity contribution in [2.45, 2.75) is 25.9 Å². The van der Waals surface area contributed by atoms with Crippen LogP contribution >= 0.6 is 0 Å². The van der Waals surface area contributed by atoms with E-state index in [4.69, 9.17) is 14.2 Å². The SMILES string of the molecule is COc1cccc(N([C@@H](C)C(=O)N[C@H](C)c2ccc3c(c2)OCCO3)S(C)(=O)=O)c1. The Morgan fingerprint density at radius 3 is 2.47 bits per heavy atom. The van der Waals surface area contributed by atoms with Crippen molar-refractivity contribution in [2.75, 3.05) is 30.9 Å². The van der Waals surface area contributed by atoms with Crippen molar-refractivity contribution >= 4 is 21.6 Å². The molecule has 0 saturated heterocycles. The number of nitrogens with zero attached hydrogens (tertiary/aromatic N) is 1. The monoisotopic (exact) mass is 434 g/mol. The third-order valence-corrected chi connectivity index (χ3v) is 6.06. The lowest BCUT2D eigenvalue weighted by Crippen LogP contribution is -2.48. The van der Waals surface area contributed by atoms with Gasteiger partial charge in [-0.25, -0.2) is 8.42 Å². The molecule has 8 nitrogen and oxygen atoms in total. The van der Waals surface area contributed by atoms with Gasteiger partial charge in [0.15, 0.2) is 11.5 Å². The third kappa shape index (κ3) is 4.79. The van der Waals surface area contributed by atoms with Crippen LogP contribution in [0.4, 0.5) is 5.69 Å². The zero-order valence-corrected chi connectivity index (χ0v) is 18.2. The second-order valence-electron chi connectivity index (χ2n) is 7.07. The summed E-state index contributed by atoms with van der Waals surface area (Å²) in [6.07, 6.45) is 1.07. The second-order valence-corrected chi connectivity index (χ2v) is 8.93. The van der Waals surface area contributed by atoms with Gasteiger partial charge in [0.25, 0.3) is 0 Å². The van der Waals surface area contributed by atoms with Gasteiger partial charge >= 0.3 is 0 Å². The summed E-state index contributed by atoms with van der Waals surface area (Å²) >= 11 is 0. The Balaban J connectivity index is 1.80. The third-order valence-electron chi connectivity index (χ3n) is 4.82. The zero-order valence-electron chi connectivity index (χ0n) is 17.4. The molecule has 0 aliphatic carbocycles. The first kappa shape index (κ1) is 21.8. The molecule has 2 aromatic rings. The zero-order chi connectivity index (χ0) is 21.9. The molecule has 162 valence electrons. The Bertz CT molecular complexity index is 1020. The summed E-state index contributed by atoms with van der Waals surface area (Å²) in [5.74, 6) is 1.37. The Labute approximate surface area is 176 Å². The van der Waals surface area contributed by atoms with Crippen molar-refractivity contribution in [3.8, 4) is 17.2 Å². The Morgan fingerprint density at radius 2 is 1.80 bits per heavy atom. The second kappa shape index (κ2) is 8.83. The van der Waals surface area contributed by atoms with Crippen molar-refractivity contribution < 1.29 is 27.4 Å². The molecule has 2 atom stereocenters. The number of hydrogen-bond donors (Lipinski definition) is 1. The summed E-state index contributed by atoms with van der Waals surface area (Å²) in [6, 6.07) is 10.7. The van der Waals surface area contributed by atoms with E-state index in [0.29, 0.717) is 36.1 Å². The van der Waals surface area contributed by atoms with Gasteiger partial charge in [0.2, 0.25) is 15.9 Å². The molecular weight excluding hydrogens is 408 g/mol. The van der Waals surface area contributed by atoms with Gasteiger partial charge in [0, 0.05) is 6.07 Å². The topological polar surface area (TPSA) is 94.2 Å². The van der Waals surface area contributed by atoms with Crippen LogP contribution in [0.5, 0.6) is 17.2 Å². The molecule has 1 amide bonds. The first-order chi connectivity index (χ1) is 14.2. The van der Waals surface area contributed by atoms with Crippen molar-refractivity contribution in [3.63, 3.8) is 0 Å². The number of nitrogens with one attached hydrogen (secondary N) is 1. The van der Waals surface area contributed by atoms with Gasteiger partial charge in [-0.1, -0.05) is 12.1 Å². The fraction of sp³-hybridized carbons (Fsp3) is 0.381. The standard InChI is InChI=1S/C21H26N2O6S/c1-14(16-8-9-19-20(12-16)29-11-10-28-19)22-21(24)15(2)23(30(4,25)26)17-6-5-7-18(13-17)27-3/h5-9,12-15H,10-11H2,1-4H3,(H,22,24)/t14-,15+/m1/s1. The molecule has 9 heteroatoms. The van der Waals surface area contributed by atoms with Crippen molar-refractivity contribution in [3.05, 3.63) is 48.0 Å². The van der Waals surface area contributed by atoms with Crippen molar-refractivity contribution in [1.29, 1.82) is 0 Å². The van der Waals surface area contributed by atoms with E-state index < -0.39 is 22.0 Å². The molecule has 0 fully saturated rings. The van der Waals surface area contributed by atoms with E-state index in [2.05, 4.69) is 5.32 Å². The molecule has 0 unspecified atom stereocenters. The number of ether oxygens (including phenoxy) is 3. The maximum absolute atomic E-state index is 12.9. The van der Waals surface area contributed by atoms with E-state index in [-0.39, 0.29) is 6.04 Å². The van der Waals surface area contributed by atoms with Gasteiger partial charge in [-0.2, -0.15) is 0 Å². The highest BCUT2D eigenvalue weighted by Crippen LogP contribution is 2.32. The normalized spacial score (nSPS) is 15.1. The molecule has 1 aliphatic rings. The highest BCUT2D eigenvalue weighted by Gasteiger charge is 2.30. The van der Waals surface area contributed by atoms with Crippen LogP contribution in [0.15, 0.2) is 42.5 Å². The average molecular weight is 435 g/mol. The maximum atomic E-state index is 12.9. The van der Waals surface area contributed by atoms with E-state index in [1.54, 1.807) is 37.3 Å². The van der Waals surface area contributed by atoms with Crippen LogP contribution in [0.25, 0.3) is 0 Å². The Kier molecular flexibility index (Phi) is 6.40. The van der Waals surface area contributed by atoms with E-state index in [1.165, 1.54) is 7.11 Å². The smallest absolute Gasteiger partial charge is 0.244 e. The van der Waals surface area contributed by atoms with Crippen LogP contribution in [0.2, 0.25) is 0 Å². The fourth-order valence-electron chi connectivity index (χ4n) is 3.30. The van der Waals surface area contributed by atoms with Crippen LogP contribution in [0, 0.1) is 0 Å². The Hall–Kier alpha value is -2.94. The summed E-state index contributed by atoms with van der Waals surface area (Å²) in [5, 5.41) is 2.88.